The van der Waals surface area contributed by atoms with E-state index in [-0.39, 0.29) is 17.7 Å². The predicted octanol–water partition coefficient (Wildman–Crippen LogP) is 2.42. The molecule has 3 heteroatoms. The van der Waals surface area contributed by atoms with E-state index in [1.807, 2.05) is 4.90 Å². The molecule has 1 aliphatic heterocycles. The molecule has 2 atom stereocenters. The van der Waals surface area contributed by atoms with Crippen molar-refractivity contribution in [3.8, 4) is 0 Å². The first-order chi connectivity index (χ1) is 8.24. The largest absolute Gasteiger partial charge is 0.342 e. The molecule has 0 saturated carbocycles. The molecule has 0 spiro atoms. The summed E-state index contributed by atoms with van der Waals surface area (Å²) in [4.78, 5) is 24.8. The Balaban J connectivity index is 2.44. The van der Waals surface area contributed by atoms with Crippen molar-refractivity contribution in [3.63, 3.8) is 0 Å². The third-order valence-electron chi connectivity index (χ3n) is 3.45. The number of aldehydes is 1. The second-order valence-electron chi connectivity index (χ2n) is 4.78. The highest BCUT2D eigenvalue weighted by atomic mass is 16.2. The Hall–Kier alpha value is -1.12. The molecule has 3 nitrogen and oxygen atoms in total. The normalized spacial score (nSPS) is 24.1. The van der Waals surface area contributed by atoms with Crippen LogP contribution in [0.4, 0.5) is 0 Å². The molecule has 1 saturated heterocycles. The summed E-state index contributed by atoms with van der Waals surface area (Å²) in [6.45, 7) is 7.23. The molecule has 0 aromatic carbocycles. The van der Waals surface area contributed by atoms with Crippen molar-refractivity contribution in [2.75, 3.05) is 13.1 Å². The standard InChI is InChI=1S/C14H23NO2/c1-3-5-6-7-9-15-10-12(11-16)13(8-4-2)14(15)17/h4,11-13H,2-3,5-10H2,1H3. The van der Waals surface area contributed by atoms with E-state index in [1.165, 1.54) is 12.8 Å². The first-order valence-electron chi connectivity index (χ1n) is 6.59. The number of amides is 1. The van der Waals surface area contributed by atoms with Gasteiger partial charge in [-0.2, -0.15) is 0 Å². The van der Waals surface area contributed by atoms with Gasteiger partial charge in [0.2, 0.25) is 5.91 Å². The molecule has 96 valence electrons. The third-order valence-corrected chi connectivity index (χ3v) is 3.45. The molecule has 1 fully saturated rings. The number of carbonyl (C=O) groups excluding carboxylic acids is 2. The van der Waals surface area contributed by atoms with Crippen LogP contribution in [0.1, 0.15) is 39.0 Å². The van der Waals surface area contributed by atoms with Gasteiger partial charge in [-0.3, -0.25) is 4.79 Å². The molecular formula is C14H23NO2. The minimum absolute atomic E-state index is 0.133. The predicted molar refractivity (Wildman–Crippen MR) is 68.6 cm³/mol. The maximum absolute atomic E-state index is 12.0. The van der Waals surface area contributed by atoms with E-state index in [4.69, 9.17) is 0 Å². The number of carbonyl (C=O) groups is 2. The van der Waals surface area contributed by atoms with Gasteiger partial charge in [0, 0.05) is 19.0 Å². The van der Waals surface area contributed by atoms with Crippen molar-refractivity contribution in [3.05, 3.63) is 12.7 Å². The number of unbranched alkanes of at least 4 members (excludes halogenated alkanes) is 3. The van der Waals surface area contributed by atoms with E-state index < -0.39 is 0 Å². The molecular weight excluding hydrogens is 214 g/mol. The van der Waals surface area contributed by atoms with Gasteiger partial charge in [0.15, 0.2) is 0 Å². The lowest BCUT2D eigenvalue weighted by Gasteiger charge is -2.15. The Labute approximate surface area is 104 Å². The first kappa shape index (κ1) is 13.9. The zero-order valence-corrected chi connectivity index (χ0v) is 10.7. The maximum atomic E-state index is 12.0. The number of hydrogen-bond acceptors (Lipinski definition) is 2. The third kappa shape index (κ3) is 3.69. The van der Waals surface area contributed by atoms with Crippen molar-refractivity contribution < 1.29 is 9.59 Å². The molecule has 0 radical (unpaired) electrons. The summed E-state index contributed by atoms with van der Waals surface area (Å²) >= 11 is 0. The number of hydrogen-bond donors (Lipinski definition) is 0. The average Bonchev–Trinajstić information content (AvgIpc) is 2.63. The van der Waals surface area contributed by atoms with Crippen LogP contribution >= 0.6 is 0 Å². The number of rotatable bonds is 8. The summed E-state index contributed by atoms with van der Waals surface area (Å²) in [5.41, 5.74) is 0. The highest BCUT2D eigenvalue weighted by Gasteiger charge is 2.38. The average molecular weight is 237 g/mol. The molecule has 1 rings (SSSR count). The van der Waals surface area contributed by atoms with Gasteiger partial charge in [0.25, 0.3) is 0 Å². The Morgan fingerprint density at radius 2 is 2.18 bits per heavy atom. The van der Waals surface area contributed by atoms with Crippen molar-refractivity contribution in [1.29, 1.82) is 0 Å². The molecule has 0 bridgehead atoms. The van der Waals surface area contributed by atoms with E-state index in [1.54, 1.807) is 6.08 Å². The van der Waals surface area contributed by atoms with Gasteiger partial charge in [-0.1, -0.05) is 32.3 Å². The zero-order chi connectivity index (χ0) is 12.7. The van der Waals surface area contributed by atoms with Gasteiger partial charge < -0.3 is 9.69 Å². The maximum Gasteiger partial charge on any atom is 0.226 e. The molecule has 0 aliphatic carbocycles. The lowest BCUT2D eigenvalue weighted by atomic mass is 9.94. The van der Waals surface area contributed by atoms with E-state index in [0.717, 1.165) is 25.7 Å². The quantitative estimate of drug-likeness (QED) is 0.369. The second kappa shape index (κ2) is 7.25. The Kier molecular flexibility index (Phi) is 5.95. The van der Waals surface area contributed by atoms with Gasteiger partial charge in [0.05, 0.1) is 5.92 Å². The van der Waals surface area contributed by atoms with Crippen LogP contribution in [0.3, 0.4) is 0 Å². The van der Waals surface area contributed by atoms with Crippen molar-refractivity contribution in [1.82, 2.24) is 4.90 Å². The first-order valence-corrected chi connectivity index (χ1v) is 6.59. The summed E-state index contributed by atoms with van der Waals surface area (Å²) in [6, 6.07) is 0. The van der Waals surface area contributed by atoms with Gasteiger partial charge in [-0.25, -0.2) is 0 Å². The minimum atomic E-state index is -0.156. The Morgan fingerprint density at radius 1 is 1.41 bits per heavy atom. The van der Waals surface area contributed by atoms with E-state index in [0.29, 0.717) is 13.0 Å². The summed E-state index contributed by atoms with van der Waals surface area (Å²) in [7, 11) is 0. The van der Waals surface area contributed by atoms with Crippen LogP contribution in [0.2, 0.25) is 0 Å². The highest BCUT2D eigenvalue weighted by molar-refractivity contribution is 5.85. The zero-order valence-electron chi connectivity index (χ0n) is 10.7. The number of nitrogens with zero attached hydrogens (tertiary/aromatic N) is 1. The summed E-state index contributed by atoms with van der Waals surface area (Å²) in [6.07, 6.45) is 7.91. The summed E-state index contributed by atoms with van der Waals surface area (Å²) in [5, 5.41) is 0. The van der Waals surface area contributed by atoms with Crippen LogP contribution in [0.15, 0.2) is 12.7 Å². The van der Waals surface area contributed by atoms with E-state index in [2.05, 4.69) is 13.5 Å². The summed E-state index contributed by atoms with van der Waals surface area (Å²) < 4.78 is 0. The lowest BCUT2D eigenvalue weighted by molar-refractivity contribution is -0.131. The molecule has 0 N–H and O–H groups in total. The monoisotopic (exact) mass is 237 g/mol. The summed E-state index contributed by atoms with van der Waals surface area (Å²) in [5.74, 6) is -0.152. The fourth-order valence-electron chi connectivity index (χ4n) is 2.41. The van der Waals surface area contributed by atoms with Crippen LogP contribution in [0, 0.1) is 11.8 Å². The molecule has 1 amide bonds. The molecule has 1 aliphatic rings. The van der Waals surface area contributed by atoms with Crippen LogP contribution in [-0.4, -0.2) is 30.2 Å². The Bertz CT molecular complexity index is 275. The van der Waals surface area contributed by atoms with Crippen molar-refractivity contribution in [2.45, 2.75) is 39.0 Å². The molecule has 2 unspecified atom stereocenters. The van der Waals surface area contributed by atoms with Crippen molar-refractivity contribution in [2.24, 2.45) is 11.8 Å². The Morgan fingerprint density at radius 3 is 2.76 bits per heavy atom. The van der Waals surface area contributed by atoms with Crippen LogP contribution < -0.4 is 0 Å². The van der Waals surface area contributed by atoms with Gasteiger partial charge >= 0.3 is 0 Å². The van der Waals surface area contributed by atoms with Crippen LogP contribution in [0.5, 0.6) is 0 Å². The van der Waals surface area contributed by atoms with Gasteiger partial charge in [0.1, 0.15) is 6.29 Å². The fraction of sp³-hybridized carbons (Fsp3) is 0.714. The SMILES string of the molecule is C=CCC1C(=O)N(CCCCCC)CC1C=O. The van der Waals surface area contributed by atoms with E-state index in [9.17, 15) is 9.59 Å². The van der Waals surface area contributed by atoms with Gasteiger partial charge in [-0.15, -0.1) is 6.58 Å². The smallest absolute Gasteiger partial charge is 0.226 e. The fourth-order valence-corrected chi connectivity index (χ4v) is 2.41. The van der Waals surface area contributed by atoms with Crippen molar-refractivity contribution >= 4 is 12.2 Å². The molecule has 0 aromatic rings. The number of likely N-dealkylation sites (tertiary alicyclic amines) is 1. The van der Waals surface area contributed by atoms with E-state index >= 15 is 0 Å². The molecule has 17 heavy (non-hydrogen) atoms. The van der Waals surface area contributed by atoms with Gasteiger partial charge in [-0.05, 0) is 12.8 Å². The highest BCUT2D eigenvalue weighted by Crippen LogP contribution is 2.26. The second-order valence-corrected chi connectivity index (χ2v) is 4.78. The topological polar surface area (TPSA) is 37.4 Å². The lowest BCUT2D eigenvalue weighted by Crippen LogP contribution is -2.28. The van der Waals surface area contributed by atoms with Crippen LogP contribution in [0.25, 0.3) is 0 Å². The molecule has 0 aromatic heterocycles. The minimum Gasteiger partial charge on any atom is -0.342 e. The number of allylic oxidation sites excluding steroid dienone is 1. The molecule has 1 heterocycles. The van der Waals surface area contributed by atoms with Crippen LogP contribution in [-0.2, 0) is 9.59 Å².